The predicted octanol–water partition coefficient (Wildman–Crippen LogP) is 4.00. The standard InChI is InChI=1S/C17H22FNO4/c1-16(2,3)23-15(22)19-9-6-7-10(11(18)8-9)12-13(14(20)21)17(12,4)5/h6-8,12-13H,1-5H3,(H,19,22)(H,20,21)/t12-,13+/m1/s1. The monoisotopic (exact) mass is 323 g/mol. The largest absolute Gasteiger partial charge is 0.481 e. The lowest BCUT2D eigenvalue weighted by atomic mass is 10.0. The van der Waals surface area contributed by atoms with Gasteiger partial charge >= 0.3 is 12.1 Å². The van der Waals surface area contributed by atoms with Crippen LogP contribution >= 0.6 is 0 Å². The maximum absolute atomic E-state index is 14.3. The maximum atomic E-state index is 14.3. The van der Waals surface area contributed by atoms with Gasteiger partial charge in [0, 0.05) is 11.6 Å². The fraction of sp³-hybridized carbons (Fsp3) is 0.529. The predicted molar refractivity (Wildman–Crippen MR) is 83.9 cm³/mol. The van der Waals surface area contributed by atoms with Gasteiger partial charge in [0.1, 0.15) is 11.4 Å². The zero-order chi connectivity index (χ0) is 17.6. The molecule has 0 radical (unpaired) electrons. The van der Waals surface area contributed by atoms with Crippen LogP contribution in [0.25, 0.3) is 0 Å². The van der Waals surface area contributed by atoms with E-state index in [1.54, 1.807) is 26.8 Å². The molecule has 1 saturated carbocycles. The van der Waals surface area contributed by atoms with E-state index in [4.69, 9.17) is 4.74 Å². The number of hydrogen-bond acceptors (Lipinski definition) is 3. The van der Waals surface area contributed by atoms with E-state index in [2.05, 4.69) is 5.32 Å². The zero-order valence-electron chi connectivity index (χ0n) is 13.9. The van der Waals surface area contributed by atoms with Crippen LogP contribution < -0.4 is 5.32 Å². The molecule has 126 valence electrons. The highest BCUT2D eigenvalue weighted by Gasteiger charge is 2.63. The van der Waals surface area contributed by atoms with Crippen LogP contribution in [0.3, 0.4) is 0 Å². The van der Waals surface area contributed by atoms with E-state index in [-0.39, 0.29) is 11.6 Å². The van der Waals surface area contributed by atoms with E-state index in [9.17, 15) is 19.1 Å². The third-order valence-corrected chi connectivity index (χ3v) is 4.07. The highest BCUT2D eigenvalue weighted by Crippen LogP contribution is 2.64. The number of benzene rings is 1. The molecule has 1 aromatic carbocycles. The van der Waals surface area contributed by atoms with Gasteiger partial charge < -0.3 is 9.84 Å². The van der Waals surface area contributed by atoms with Crippen LogP contribution in [0.15, 0.2) is 18.2 Å². The Balaban J connectivity index is 2.14. The van der Waals surface area contributed by atoms with Crippen LogP contribution in [0, 0.1) is 17.2 Å². The van der Waals surface area contributed by atoms with Crippen molar-refractivity contribution in [1.29, 1.82) is 0 Å². The molecule has 1 fully saturated rings. The first kappa shape index (κ1) is 17.2. The van der Waals surface area contributed by atoms with Gasteiger partial charge in [-0.15, -0.1) is 0 Å². The van der Waals surface area contributed by atoms with Gasteiger partial charge in [0.2, 0.25) is 0 Å². The molecule has 1 amide bonds. The average molecular weight is 323 g/mol. The Bertz CT molecular complexity index is 648. The summed E-state index contributed by atoms with van der Waals surface area (Å²) in [6.07, 6.45) is -0.667. The molecule has 1 aliphatic rings. The fourth-order valence-electron chi connectivity index (χ4n) is 2.96. The Hall–Kier alpha value is -2.11. The molecular formula is C17H22FNO4. The quantitative estimate of drug-likeness (QED) is 0.881. The second kappa shape index (κ2) is 5.51. The Morgan fingerprint density at radius 2 is 1.91 bits per heavy atom. The van der Waals surface area contributed by atoms with E-state index in [0.29, 0.717) is 5.56 Å². The number of halogens is 1. The molecule has 0 unspecified atom stereocenters. The van der Waals surface area contributed by atoms with E-state index in [1.165, 1.54) is 12.1 Å². The number of rotatable bonds is 3. The van der Waals surface area contributed by atoms with E-state index >= 15 is 0 Å². The lowest BCUT2D eigenvalue weighted by Crippen LogP contribution is -2.27. The van der Waals surface area contributed by atoms with Gasteiger partial charge in [0.05, 0.1) is 5.92 Å². The van der Waals surface area contributed by atoms with E-state index in [1.807, 2.05) is 13.8 Å². The van der Waals surface area contributed by atoms with Crippen molar-refractivity contribution in [3.8, 4) is 0 Å². The summed E-state index contributed by atoms with van der Waals surface area (Å²) in [5.74, 6) is -2.41. The molecule has 2 atom stereocenters. The van der Waals surface area contributed by atoms with Crippen molar-refractivity contribution in [2.75, 3.05) is 5.32 Å². The van der Waals surface area contributed by atoms with Crippen LogP contribution in [0.1, 0.15) is 46.1 Å². The summed E-state index contributed by atoms with van der Waals surface area (Å²) in [7, 11) is 0. The van der Waals surface area contributed by atoms with Crippen molar-refractivity contribution in [3.05, 3.63) is 29.6 Å². The Morgan fingerprint density at radius 1 is 1.30 bits per heavy atom. The van der Waals surface area contributed by atoms with Crippen LogP contribution in [0.4, 0.5) is 14.9 Å². The van der Waals surface area contributed by atoms with Crippen molar-refractivity contribution < 1.29 is 23.8 Å². The number of amides is 1. The molecule has 1 aromatic rings. The van der Waals surface area contributed by atoms with Crippen LogP contribution in [-0.4, -0.2) is 22.8 Å². The van der Waals surface area contributed by atoms with Crippen molar-refractivity contribution in [3.63, 3.8) is 0 Å². The second-order valence-electron chi connectivity index (χ2n) is 7.48. The first-order chi connectivity index (χ1) is 10.4. The highest BCUT2D eigenvalue weighted by molar-refractivity contribution is 5.85. The third kappa shape index (κ3) is 3.63. The van der Waals surface area contributed by atoms with Gasteiger partial charge in [-0.1, -0.05) is 19.9 Å². The van der Waals surface area contributed by atoms with Crippen molar-refractivity contribution >= 4 is 17.7 Å². The minimum Gasteiger partial charge on any atom is -0.481 e. The summed E-state index contributed by atoms with van der Waals surface area (Å²) in [6, 6.07) is 4.26. The maximum Gasteiger partial charge on any atom is 0.412 e. The molecule has 0 bridgehead atoms. The molecule has 0 heterocycles. The first-order valence-electron chi connectivity index (χ1n) is 7.46. The average Bonchev–Trinajstić information content (AvgIpc) is 2.89. The number of nitrogens with one attached hydrogen (secondary N) is 1. The van der Waals surface area contributed by atoms with Gasteiger partial charge in [-0.2, -0.15) is 0 Å². The lowest BCUT2D eigenvalue weighted by molar-refractivity contribution is -0.139. The lowest BCUT2D eigenvalue weighted by Gasteiger charge is -2.19. The molecule has 0 aromatic heterocycles. The van der Waals surface area contributed by atoms with Crippen LogP contribution in [-0.2, 0) is 9.53 Å². The summed E-state index contributed by atoms with van der Waals surface area (Å²) in [4.78, 5) is 22.9. The van der Waals surface area contributed by atoms with Gasteiger partial charge in [-0.3, -0.25) is 10.1 Å². The van der Waals surface area contributed by atoms with Crippen LogP contribution in [0.5, 0.6) is 0 Å². The number of ether oxygens (including phenoxy) is 1. The zero-order valence-corrected chi connectivity index (χ0v) is 13.9. The molecule has 23 heavy (non-hydrogen) atoms. The molecular weight excluding hydrogens is 301 g/mol. The summed E-state index contributed by atoms with van der Waals surface area (Å²) in [5.41, 5.74) is -0.495. The van der Waals surface area contributed by atoms with Gasteiger partial charge in [-0.25, -0.2) is 9.18 Å². The normalized spacial score (nSPS) is 22.3. The molecule has 0 aliphatic heterocycles. The first-order valence-corrected chi connectivity index (χ1v) is 7.46. The molecule has 2 N–H and O–H groups in total. The molecule has 1 aliphatic carbocycles. The summed E-state index contributed by atoms with van der Waals surface area (Å²) in [5, 5.41) is 11.7. The highest BCUT2D eigenvalue weighted by atomic mass is 19.1. The van der Waals surface area contributed by atoms with Gasteiger partial charge in [0.15, 0.2) is 0 Å². The summed E-state index contributed by atoms with van der Waals surface area (Å²) in [6.45, 7) is 8.82. The number of carbonyl (C=O) groups is 2. The Labute approximate surface area is 134 Å². The van der Waals surface area contributed by atoms with Gasteiger partial charge in [-0.05, 0) is 43.9 Å². The van der Waals surface area contributed by atoms with Gasteiger partial charge in [0.25, 0.3) is 0 Å². The fourth-order valence-corrected chi connectivity index (χ4v) is 2.96. The second-order valence-corrected chi connectivity index (χ2v) is 7.48. The third-order valence-electron chi connectivity index (χ3n) is 4.07. The van der Waals surface area contributed by atoms with Crippen molar-refractivity contribution in [2.45, 2.75) is 46.1 Å². The minimum atomic E-state index is -0.921. The SMILES string of the molecule is CC(C)(C)OC(=O)Nc1ccc([C@@H]2[C@@H](C(=O)O)C2(C)C)c(F)c1. The molecule has 0 spiro atoms. The summed E-state index contributed by atoms with van der Waals surface area (Å²) >= 11 is 0. The number of anilines is 1. The van der Waals surface area contributed by atoms with Crippen LogP contribution in [0.2, 0.25) is 0 Å². The van der Waals surface area contributed by atoms with E-state index < -0.39 is 34.8 Å². The molecule has 5 nitrogen and oxygen atoms in total. The number of carboxylic acid groups (broad SMARTS) is 1. The summed E-state index contributed by atoms with van der Waals surface area (Å²) < 4.78 is 19.4. The van der Waals surface area contributed by atoms with Crippen molar-refractivity contribution in [2.24, 2.45) is 11.3 Å². The number of carbonyl (C=O) groups excluding carboxylic acids is 1. The Morgan fingerprint density at radius 3 is 2.35 bits per heavy atom. The molecule has 6 heteroatoms. The Kier molecular flexibility index (Phi) is 4.13. The number of aliphatic carboxylic acids is 1. The minimum absolute atomic E-state index is 0.269. The smallest absolute Gasteiger partial charge is 0.412 e. The number of hydrogen-bond donors (Lipinski definition) is 2. The van der Waals surface area contributed by atoms with E-state index in [0.717, 1.165) is 0 Å². The van der Waals surface area contributed by atoms with Crippen molar-refractivity contribution in [1.82, 2.24) is 0 Å². The number of carboxylic acids is 1. The topological polar surface area (TPSA) is 75.6 Å². The molecule has 2 rings (SSSR count). The molecule has 0 saturated heterocycles.